The molecule has 35 heavy (non-hydrogen) atoms. The van der Waals surface area contributed by atoms with Gasteiger partial charge in [-0.25, -0.2) is 4.79 Å². The van der Waals surface area contributed by atoms with E-state index in [9.17, 15) is 22.8 Å². The lowest BCUT2D eigenvalue weighted by Gasteiger charge is -2.28. The Morgan fingerprint density at radius 1 is 1.00 bits per heavy atom. The third-order valence-electron chi connectivity index (χ3n) is 3.27. The minimum absolute atomic E-state index is 0.188. The minimum atomic E-state index is -4.00. The summed E-state index contributed by atoms with van der Waals surface area (Å²) in [6.45, 7) is 20.4. The largest absolute Gasteiger partial charge is 0.497 e. The van der Waals surface area contributed by atoms with E-state index < -0.39 is 11.8 Å². The molecule has 1 amide bonds. The fourth-order valence-corrected chi connectivity index (χ4v) is 1.96. The first-order valence-corrected chi connectivity index (χ1v) is 10.6. The van der Waals surface area contributed by atoms with E-state index in [1.54, 1.807) is 14.0 Å². The summed E-state index contributed by atoms with van der Waals surface area (Å²) < 4.78 is 45.6. The Kier molecular flexibility index (Phi) is 24.1. The molecule has 0 radical (unpaired) electrons. The number of ether oxygens (including phenoxy) is 3. The Balaban J connectivity index is -0.000000283. The van der Waals surface area contributed by atoms with Crippen LogP contribution in [0.4, 0.5) is 18.0 Å². The molecule has 0 heterocycles. The number of alkyl halides is 3. The zero-order chi connectivity index (χ0) is 28.7. The van der Waals surface area contributed by atoms with Crippen LogP contribution in [0.2, 0.25) is 0 Å². The van der Waals surface area contributed by atoms with Crippen molar-refractivity contribution in [3.05, 3.63) is 43.0 Å². The van der Waals surface area contributed by atoms with Gasteiger partial charge in [0.15, 0.2) is 0 Å². The van der Waals surface area contributed by atoms with Crippen molar-refractivity contribution in [2.75, 3.05) is 13.7 Å². The number of rotatable bonds is 7. The van der Waals surface area contributed by atoms with Crippen molar-refractivity contribution in [3.63, 3.8) is 0 Å². The standard InChI is InChI=1S/C17H27NO3.C3H6O2.C2H3F3.C2H4.CH2O/c1-16(2,3)21-15(19)18-17(4,5)12-11-13-7-9-14(20-6)10-8-13;1-2-5-3-4;1-2(3,4)5;2*1-2/h7-10H,11-12H2,1-6H3,(H,18,19);3H,2H2,1H3;1H3;1-2H2;1H2. The molecular formula is C25H42F3NO6. The predicted molar refractivity (Wildman–Crippen MR) is 133 cm³/mol. The fraction of sp³-hybridized carbons (Fsp3) is 0.560. The number of methoxy groups -OCH3 is 1. The molecule has 1 aromatic carbocycles. The van der Waals surface area contributed by atoms with E-state index in [1.807, 2.05) is 65.7 Å². The van der Waals surface area contributed by atoms with Crippen LogP contribution in [0.1, 0.15) is 60.5 Å². The Bertz CT molecular complexity index is 649. The van der Waals surface area contributed by atoms with Gasteiger partial charge < -0.3 is 24.3 Å². The zero-order valence-electron chi connectivity index (χ0n) is 22.2. The molecular weight excluding hydrogens is 467 g/mol. The quantitative estimate of drug-likeness (QED) is 0.343. The number of aryl methyl sites for hydroxylation is 1. The molecule has 0 fully saturated rings. The minimum Gasteiger partial charge on any atom is -0.497 e. The molecule has 204 valence electrons. The van der Waals surface area contributed by atoms with Crippen LogP contribution in [0.5, 0.6) is 5.75 Å². The Labute approximate surface area is 208 Å². The Morgan fingerprint density at radius 2 is 1.43 bits per heavy atom. The molecule has 0 spiro atoms. The number of carbonyl (C=O) groups excluding carboxylic acids is 3. The summed E-state index contributed by atoms with van der Waals surface area (Å²) in [5, 5.41) is 2.92. The van der Waals surface area contributed by atoms with Crippen molar-refractivity contribution < 1.29 is 41.8 Å². The highest BCUT2D eigenvalue weighted by Gasteiger charge is 2.24. The lowest BCUT2D eigenvalue weighted by atomic mass is 9.95. The first-order chi connectivity index (χ1) is 16.0. The topological polar surface area (TPSA) is 90.9 Å². The molecule has 0 saturated heterocycles. The molecule has 0 saturated carbocycles. The molecule has 0 unspecified atom stereocenters. The summed E-state index contributed by atoms with van der Waals surface area (Å²) in [6, 6.07) is 7.98. The van der Waals surface area contributed by atoms with Crippen LogP contribution >= 0.6 is 0 Å². The normalized spacial score (nSPS) is 10.0. The summed E-state index contributed by atoms with van der Waals surface area (Å²) >= 11 is 0. The number of halogens is 3. The van der Waals surface area contributed by atoms with Gasteiger partial charge >= 0.3 is 12.3 Å². The zero-order valence-corrected chi connectivity index (χ0v) is 22.2. The van der Waals surface area contributed by atoms with E-state index in [0.29, 0.717) is 13.1 Å². The van der Waals surface area contributed by atoms with Crippen molar-refractivity contribution in [1.82, 2.24) is 5.32 Å². The second kappa shape index (κ2) is 21.5. The second-order valence-corrected chi connectivity index (χ2v) is 8.19. The lowest BCUT2D eigenvalue weighted by Crippen LogP contribution is -2.46. The second-order valence-electron chi connectivity index (χ2n) is 8.19. The molecule has 0 aliphatic rings. The van der Waals surface area contributed by atoms with Crippen LogP contribution in [-0.4, -0.2) is 50.4 Å². The van der Waals surface area contributed by atoms with E-state index in [2.05, 4.69) is 23.2 Å². The van der Waals surface area contributed by atoms with Crippen molar-refractivity contribution in [1.29, 1.82) is 0 Å². The average molecular weight is 510 g/mol. The molecule has 10 heteroatoms. The number of amides is 1. The number of alkyl carbamates (subject to hydrolysis) is 1. The van der Waals surface area contributed by atoms with Crippen molar-refractivity contribution in [3.8, 4) is 5.75 Å². The summed E-state index contributed by atoms with van der Waals surface area (Å²) in [5.74, 6) is 0.852. The van der Waals surface area contributed by atoms with Gasteiger partial charge in [-0.15, -0.1) is 13.2 Å². The number of nitrogens with one attached hydrogen (secondary N) is 1. The monoisotopic (exact) mass is 509 g/mol. The Hall–Kier alpha value is -3.04. The summed E-state index contributed by atoms with van der Waals surface area (Å²) in [7, 11) is 1.66. The molecule has 1 N–H and O–H groups in total. The summed E-state index contributed by atoms with van der Waals surface area (Å²) in [6.07, 6.45) is -2.66. The maximum atomic E-state index is 11.8. The van der Waals surface area contributed by atoms with E-state index >= 15 is 0 Å². The van der Waals surface area contributed by atoms with Crippen LogP contribution in [0.3, 0.4) is 0 Å². The van der Waals surface area contributed by atoms with Crippen LogP contribution in [0, 0.1) is 0 Å². The molecule has 0 atom stereocenters. The van der Waals surface area contributed by atoms with Gasteiger partial charge in [-0.2, -0.15) is 13.2 Å². The lowest BCUT2D eigenvalue weighted by molar-refractivity contribution is -0.128. The van der Waals surface area contributed by atoms with Crippen molar-refractivity contribution in [2.24, 2.45) is 0 Å². The van der Waals surface area contributed by atoms with E-state index in [-0.39, 0.29) is 18.6 Å². The molecule has 0 aromatic heterocycles. The van der Waals surface area contributed by atoms with E-state index in [0.717, 1.165) is 18.6 Å². The third kappa shape index (κ3) is 35.7. The first kappa shape index (κ1) is 39.2. The molecule has 7 nitrogen and oxygen atoms in total. The van der Waals surface area contributed by atoms with Gasteiger partial charge in [0.05, 0.1) is 13.7 Å². The number of carbonyl (C=O) groups is 3. The van der Waals surface area contributed by atoms with Crippen molar-refractivity contribution in [2.45, 2.75) is 78.6 Å². The predicted octanol–water partition coefficient (Wildman–Crippen LogP) is 6.30. The van der Waals surface area contributed by atoms with E-state index in [1.165, 1.54) is 5.56 Å². The van der Waals surface area contributed by atoms with Crippen LogP contribution in [0.25, 0.3) is 0 Å². The first-order valence-electron chi connectivity index (χ1n) is 10.6. The van der Waals surface area contributed by atoms with Crippen LogP contribution in [-0.2, 0) is 25.5 Å². The van der Waals surface area contributed by atoms with Crippen molar-refractivity contribution >= 4 is 19.4 Å². The SMILES string of the molecule is C=C.C=O.CC(F)(F)F.CCOC=O.COc1ccc(CCC(C)(C)NC(=O)OC(C)(C)C)cc1. The smallest absolute Gasteiger partial charge is 0.408 e. The van der Waals surface area contributed by atoms with Gasteiger partial charge in [0, 0.05) is 12.5 Å². The van der Waals surface area contributed by atoms with Gasteiger partial charge in [-0.1, -0.05) is 12.1 Å². The molecule has 1 rings (SSSR count). The van der Waals surface area contributed by atoms with E-state index in [4.69, 9.17) is 14.3 Å². The van der Waals surface area contributed by atoms with Gasteiger partial charge in [0.2, 0.25) is 0 Å². The van der Waals surface area contributed by atoms with Gasteiger partial charge in [-0.3, -0.25) is 4.79 Å². The average Bonchev–Trinajstić information content (AvgIpc) is 2.74. The Morgan fingerprint density at radius 3 is 1.71 bits per heavy atom. The van der Waals surface area contributed by atoms with Gasteiger partial charge in [0.25, 0.3) is 6.47 Å². The maximum absolute atomic E-state index is 11.8. The van der Waals surface area contributed by atoms with Gasteiger partial charge in [0.1, 0.15) is 18.1 Å². The highest BCUT2D eigenvalue weighted by atomic mass is 19.4. The van der Waals surface area contributed by atoms with Crippen LogP contribution < -0.4 is 10.1 Å². The van der Waals surface area contributed by atoms with Crippen LogP contribution in [0.15, 0.2) is 37.4 Å². The number of hydrogen-bond donors (Lipinski definition) is 1. The molecule has 1 aromatic rings. The fourth-order valence-electron chi connectivity index (χ4n) is 1.96. The highest BCUT2D eigenvalue weighted by Crippen LogP contribution is 2.18. The maximum Gasteiger partial charge on any atom is 0.408 e. The number of benzene rings is 1. The summed E-state index contributed by atoms with van der Waals surface area (Å²) in [5.41, 5.74) is 0.424. The summed E-state index contributed by atoms with van der Waals surface area (Å²) in [4.78, 5) is 29.0. The molecule has 0 bridgehead atoms. The molecule has 0 aliphatic heterocycles. The molecule has 0 aliphatic carbocycles. The van der Waals surface area contributed by atoms with Gasteiger partial charge in [-0.05, 0) is 72.1 Å². The third-order valence-corrected chi connectivity index (χ3v) is 3.27. The number of hydrogen-bond acceptors (Lipinski definition) is 6. The highest BCUT2D eigenvalue weighted by molar-refractivity contribution is 5.68.